The van der Waals surface area contributed by atoms with Gasteiger partial charge in [0.05, 0.1) is 23.0 Å². The quantitative estimate of drug-likeness (QED) is 0.672. The minimum atomic E-state index is -1.09. The van der Waals surface area contributed by atoms with E-state index >= 15 is 0 Å². The standard InChI is InChI=1S/C14H23NO4/c1-13(2,14(3,4)19)15-11(16)9-7-5-6-8-10(9)12(17)18/h5-6,9-10,19H,7-8H2,1-4H3,(H,15,16)(H,17,18). The second-order valence-electron chi connectivity index (χ2n) is 6.17. The number of carbonyl (C=O) groups excluding carboxylic acids is 1. The Hall–Kier alpha value is -1.36. The normalized spacial score (nSPS) is 24.1. The third-order valence-electron chi connectivity index (χ3n) is 4.05. The average molecular weight is 269 g/mol. The molecular weight excluding hydrogens is 246 g/mol. The van der Waals surface area contributed by atoms with Crippen LogP contribution < -0.4 is 5.32 Å². The molecule has 5 nitrogen and oxygen atoms in total. The van der Waals surface area contributed by atoms with Crippen LogP contribution in [-0.2, 0) is 9.59 Å². The van der Waals surface area contributed by atoms with Gasteiger partial charge in [0.1, 0.15) is 0 Å². The van der Waals surface area contributed by atoms with Crippen LogP contribution in [0.2, 0.25) is 0 Å². The van der Waals surface area contributed by atoms with Crippen molar-refractivity contribution in [3.63, 3.8) is 0 Å². The van der Waals surface area contributed by atoms with Crippen LogP contribution in [0.3, 0.4) is 0 Å². The molecular formula is C14H23NO4. The van der Waals surface area contributed by atoms with Crippen molar-refractivity contribution >= 4 is 11.9 Å². The van der Waals surface area contributed by atoms with E-state index in [1.807, 2.05) is 6.08 Å². The Labute approximate surface area is 113 Å². The molecule has 1 amide bonds. The van der Waals surface area contributed by atoms with Gasteiger partial charge in [-0.2, -0.15) is 0 Å². The number of rotatable bonds is 4. The van der Waals surface area contributed by atoms with Gasteiger partial charge < -0.3 is 15.5 Å². The second-order valence-corrected chi connectivity index (χ2v) is 6.17. The highest BCUT2D eigenvalue weighted by molar-refractivity contribution is 5.85. The highest BCUT2D eigenvalue weighted by Crippen LogP contribution is 2.28. The van der Waals surface area contributed by atoms with E-state index in [0.717, 1.165) is 0 Å². The third kappa shape index (κ3) is 3.56. The number of hydrogen-bond donors (Lipinski definition) is 3. The lowest BCUT2D eigenvalue weighted by Crippen LogP contribution is -2.59. The minimum Gasteiger partial charge on any atom is -0.481 e. The van der Waals surface area contributed by atoms with Crippen molar-refractivity contribution in [2.45, 2.75) is 51.7 Å². The lowest BCUT2D eigenvalue weighted by atomic mass is 9.80. The first-order valence-electron chi connectivity index (χ1n) is 6.48. The van der Waals surface area contributed by atoms with Crippen LogP contribution in [0.1, 0.15) is 40.5 Å². The summed E-state index contributed by atoms with van der Waals surface area (Å²) >= 11 is 0. The highest BCUT2D eigenvalue weighted by Gasteiger charge is 2.40. The van der Waals surface area contributed by atoms with Crippen molar-refractivity contribution in [3.05, 3.63) is 12.2 Å². The smallest absolute Gasteiger partial charge is 0.307 e. The maximum Gasteiger partial charge on any atom is 0.307 e. The fourth-order valence-corrected chi connectivity index (χ4v) is 1.93. The minimum absolute atomic E-state index is 0.316. The summed E-state index contributed by atoms with van der Waals surface area (Å²) in [6.45, 7) is 6.67. The number of hydrogen-bond acceptors (Lipinski definition) is 3. The molecule has 0 aliphatic heterocycles. The Balaban J connectivity index is 2.83. The van der Waals surface area contributed by atoms with Crippen LogP contribution in [0, 0.1) is 11.8 Å². The number of allylic oxidation sites excluding steroid dienone is 2. The van der Waals surface area contributed by atoms with Gasteiger partial charge in [-0.15, -0.1) is 0 Å². The maximum absolute atomic E-state index is 12.3. The van der Waals surface area contributed by atoms with Crippen LogP contribution in [0.15, 0.2) is 12.2 Å². The summed E-state index contributed by atoms with van der Waals surface area (Å²) in [5.41, 5.74) is -1.92. The molecule has 0 aromatic heterocycles. The molecule has 108 valence electrons. The molecule has 3 N–H and O–H groups in total. The van der Waals surface area contributed by atoms with Gasteiger partial charge in [0.2, 0.25) is 5.91 Å². The molecule has 0 bridgehead atoms. The van der Waals surface area contributed by atoms with E-state index in [4.69, 9.17) is 5.11 Å². The predicted octanol–water partition coefficient (Wildman–Crippen LogP) is 1.32. The van der Waals surface area contributed by atoms with E-state index in [-0.39, 0.29) is 5.91 Å². The van der Waals surface area contributed by atoms with Gasteiger partial charge in [-0.05, 0) is 40.5 Å². The Morgan fingerprint density at radius 2 is 1.58 bits per heavy atom. The summed E-state index contributed by atoms with van der Waals surface area (Å²) in [6, 6.07) is 0. The average Bonchev–Trinajstić information content (AvgIpc) is 2.26. The molecule has 5 heteroatoms. The van der Waals surface area contributed by atoms with Crippen LogP contribution in [0.25, 0.3) is 0 Å². The van der Waals surface area contributed by atoms with Crippen LogP contribution in [0.5, 0.6) is 0 Å². The van der Waals surface area contributed by atoms with Gasteiger partial charge in [0.25, 0.3) is 0 Å². The summed E-state index contributed by atoms with van der Waals surface area (Å²) in [4.78, 5) is 23.4. The third-order valence-corrected chi connectivity index (χ3v) is 4.05. The number of nitrogens with one attached hydrogen (secondary N) is 1. The molecule has 0 saturated heterocycles. The fraction of sp³-hybridized carbons (Fsp3) is 0.714. The van der Waals surface area contributed by atoms with E-state index < -0.39 is 28.9 Å². The number of carboxylic acids is 1. The molecule has 1 aliphatic carbocycles. The zero-order chi connectivity index (χ0) is 14.8. The Morgan fingerprint density at radius 1 is 1.11 bits per heavy atom. The first-order valence-corrected chi connectivity index (χ1v) is 6.48. The molecule has 0 heterocycles. The Kier molecular flexibility index (Phi) is 4.40. The van der Waals surface area contributed by atoms with E-state index in [1.165, 1.54) is 0 Å². The largest absolute Gasteiger partial charge is 0.481 e. The van der Waals surface area contributed by atoms with Crippen LogP contribution >= 0.6 is 0 Å². The van der Waals surface area contributed by atoms with Crippen molar-refractivity contribution in [3.8, 4) is 0 Å². The number of carboxylic acid groups (broad SMARTS) is 1. The number of carbonyl (C=O) groups is 2. The van der Waals surface area contributed by atoms with Crippen molar-refractivity contribution in [1.29, 1.82) is 0 Å². The molecule has 0 radical (unpaired) electrons. The van der Waals surface area contributed by atoms with Crippen LogP contribution in [-0.4, -0.2) is 33.2 Å². The lowest BCUT2D eigenvalue weighted by Gasteiger charge is -2.39. The highest BCUT2D eigenvalue weighted by atomic mass is 16.4. The van der Waals surface area contributed by atoms with Crippen molar-refractivity contribution in [2.75, 3.05) is 0 Å². The number of aliphatic hydroxyl groups is 1. The SMILES string of the molecule is CC(C)(O)C(C)(C)NC(=O)C1CC=CCC1C(=O)O. The molecule has 0 fully saturated rings. The van der Waals surface area contributed by atoms with Gasteiger partial charge in [-0.3, -0.25) is 9.59 Å². The molecule has 0 aromatic carbocycles. The molecule has 19 heavy (non-hydrogen) atoms. The Morgan fingerprint density at radius 3 is 2.00 bits per heavy atom. The van der Waals surface area contributed by atoms with E-state index in [0.29, 0.717) is 12.8 Å². The van der Waals surface area contributed by atoms with Gasteiger partial charge in [0, 0.05) is 0 Å². The lowest BCUT2D eigenvalue weighted by molar-refractivity contribution is -0.148. The summed E-state index contributed by atoms with van der Waals surface area (Å²) in [5.74, 6) is -2.54. The Bertz CT molecular complexity index is 393. The van der Waals surface area contributed by atoms with E-state index in [9.17, 15) is 14.7 Å². The predicted molar refractivity (Wildman–Crippen MR) is 71.5 cm³/mol. The monoisotopic (exact) mass is 269 g/mol. The zero-order valence-electron chi connectivity index (χ0n) is 11.9. The first-order chi connectivity index (χ1) is 8.56. The van der Waals surface area contributed by atoms with Gasteiger partial charge in [-0.1, -0.05) is 12.2 Å². The topological polar surface area (TPSA) is 86.6 Å². The van der Waals surface area contributed by atoms with E-state index in [1.54, 1.807) is 33.8 Å². The molecule has 2 atom stereocenters. The molecule has 1 rings (SSSR count). The van der Waals surface area contributed by atoms with Gasteiger partial charge in [0.15, 0.2) is 0 Å². The zero-order valence-corrected chi connectivity index (χ0v) is 11.9. The summed E-state index contributed by atoms with van der Waals surface area (Å²) in [5, 5.41) is 21.9. The summed E-state index contributed by atoms with van der Waals surface area (Å²) < 4.78 is 0. The molecule has 1 aliphatic rings. The molecule has 0 spiro atoms. The first kappa shape index (κ1) is 15.7. The van der Waals surface area contributed by atoms with Gasteiger partial charge >= 0.3 is 5.97 Å². The second kappa shape index (κ2) is 5.33. The fourth-order valence-electron chi connectivity index (χ4n) is 1.93. The summed E-state index contributed by atoms with van der Waals surface area (Å²) in [6.07, 6.45) is 4.42. The van der Waals surface area contributed by atoms with Crippen molar-refractivity contribution in [1.82, 2.24) is 5.32 Å². The van der Waals surface area contributed by atoms with Gasteiger partial charge in [-0.25, -0.2) is 0 Å². The maximum atomic E-state index is 12.3. The van der Waals surface area contributed by atoms with E-state index in [2.05, 4.69) is 5.32 Å². The van der Waals surface area contributed by atoms with Crippen LogP contribution in [0.4, 0.5) is 0 Å². The summed E-state index contributed by atoms with van der Waals surface area (Å²) in [7, 11) is 0. The van der Waals surface area contributed by atoms with Crippen molar-refractivity contribution in [2.24, 2.45) is 11.8 Å². The number of aliphatic carboxylic acids is 1. The molecule has 2 unspecified atom stereocenters. The molecule has 0 saturated carbocycles. The number of amides is 1. The molecule has 0 aromatic rings. The van der Waals surface area contributed by atoms with Crippen molar-refractivity contribution < 1.29 is 19.8 Å².